The van der Waals surface area contributed by atoms with Gasteiger partial charge in [-0.15, -0.1) is 0 Å². The molecule has 35 heavy (non-hydrogen) atoms. The summed E-state index contributed by atoms with van der Waals surface area (Å²) in [5.74, 6) is 2.79. The van der Waals surface area contributed by atoms with Crippen LogP contribution in [-0.2, 0) is 9.47 Å². The highest BCUT2D eigenvalue weighted by molar-refractivity contribution is 4.71. The first-order chi connectivity index (χ1) is 16.5. The maximum atomic E-state index is 5.99. The molecule has 0 fully saturated rings. The Morgan fingerprint density at radius 2 is 0.800 bits per heavy atom. The van der Waals surface area contributed by atoms with Crippen molar-refractivity contribution >= 4 is 0 Å². The quantitative estimate of drug-likeness (QED) is 0.149. The maximum absolute atomic E-state index is 5.99. The van der Waals surface area contributed by atoms with Crippen LogP contribution in [-0.4, -0.2) is 87.6 Å². The predicted molar refractivity (Wildman–Crippen MR) is 153 cm³/mol. The first kappa shape index (κ1) is 34.8. The topological polar surface area (TPSA) is 39.0 Å². The van der Waals surface area contributed by atoms with Crippen LogP contribution in [0.3, 0.4) is 0 Å². The van der Waals surface area contributed by atoms with Crippen molar-refractivity contribution in [2.75, 3.05) is 65.7 Å². The molecule has 0 aliphatic carbocycles. The van der Waals surface area contributed by atoms with Crippen molar-refractivity contribution in [2.24, 2.45) is 23.7 Å². The number of hydrogen-bond donors (Lipinski definition) is 0. The van der Waals surface area contributed by atoms with Crippen molar-refractivity contribution in [3.05, 3.63) is 0 Å². The lowest BCUT2D eigenvalue weighted by Crippen LogP contribution is -2.41. The van der Waals surface area contributed by atoms with Crippen LogP contribution in [0.1, 0.15) is 94.9 Å². The minimum atomic E-state index is 0.489. The van der Waals surface area contributed by atoms with E-state index in [1.54, 1.807) is 0 Å². The third kappa shape index (κ3) is 21.6. The molecule has 0 aromatic carbocycles. The summed E-state index contributed by atoms with van der Waals surface area (Å²) in [6, 6.07) is 0.978. The zero-order valence-electron chi connectivity index (χ0n) is 25.5. The molecule has 0 amide bonds. The minimum absolute atomic E-state index is 0.489. The van der Waals surface area contributed by atoms with Gasteiger partial charge in [0.05, 0.1) is 13.2 Å². The van der Waals surface area contributed by atoms with Gasteiger partial charge in [-0.25, -0.2) is 5.32 Å². The molecule has 211 valence electrons. The smallest absolute Gasteiger partial charge is 0.0619 e. The van der Waals surface area contributed by atoms with Gasteiger partial charge in [-0.3, -0.25) is 9.80 Å². The fourth-order valence-corrected chi connectivity index (χ4v) is 4.43. The molecule has 0 bridgehead atoms. The summed E-state index contributed by atoms with van der Waals surface area (Å²) < 4.78 is 12.0. The standard InChI is InChI=1S/C30H64N3O2/c1-25(2)19-32(20-26(3)4)29(9)23-34-17-13-11-15-31-16-12-14-18-35-24-30(10)33(21-27(5)6)22-28(7)8/h25-30H,11-24H2,1-10H3. The lowest BCUT2D eigenvalue weighted by Gasteiger charge is -2.32. The normalized spacial score (nSPS) is 14.4. The van der Waals surface area contributed by atoms with Gasteiger partial charge in [0.25, 0.3) is 0 Å². The number of rotatable bonds is 24. The van der Waals surface area contributed by atoms with Crippen molar-refractivity contribution in [3.8, 4) is 0 Å². The first-order valence-electron chi connectivity index (χ1n) is 14.8. The molecule has 0 rings (SSSR count). The van der Waals surface area contributed by atoms with Crippen LogP contribution in [0.5, 0.6) is 0 Å². The van der Waals surface area contributed by atoms with Crippen molar-refractivity contribution in [3.63, 3.8) is 0 Å². The van der Waals surface area contributed by atoms with Gasteiger partial charge >= 0.3 is 0 Å². The Hall–Kier alpha value is -0.200. The molecule has 0 heterocycles. The average molecular weight is 499 g/mol. The second-order valence-electron chi connectivity index (χ2n) is 12.4. The van der Waals surface area contributed by atoms with Crippen molar-refractivity contribution in [1.82, 2.24) is 15.1 Å². The Labute approximate surface area is 221 Å². The molecule has 5 heteroatoms. The zero-order valence-corrected chi connectivity index (χ0v) is 25.5. The molecule has 1 radical (unpaired) electrons. The highest BCUT2D eigenvalue weighted by Crippen LogP contribution is 2.10. The van der Waals surface area contributed by atoms with E-state index < -0.39 is 0 Å². The minimum Gasteiger partial charge on any atom is -0.380 e. The monoisotopic (exact) mass is 498 g/mol. The van der Waals surface area contributed by atoms with Gasteiger partial charge in [-0.1, -0.05) is 55.4 Å². The lowest BCUT2D eigenvalue weighted by atomic mass is 10.1. The second-order valence-corrected chi connectivity index (χ2v) is 12.4. The average Bonchev–Trinajstić information content (AvgIpc) is 2.74. The molecule has 0 aromatic heterocycles. The van der Waals surface area contributed by atoms with Crippen LogP contribution in [0.2, 0.25) is 0 Å². The van der Waals surface area contributed by atoms with E-state index in [2.05, 4.69) is 79.0 Å². The van der Waals surface area contributed by atoms with Gasteiger partial charge in [-0.2, -0.15) is 0 Å². The van der Waals surface area contributed by atoms with Gasteiger partial charge in [0.2, 0.25) is 0 Å². The fraction of sp³-hybridized carbons (Fsp3) is 1.00. The maximum Gasteiger partial charge on any atom is 0.0619 e. The van der Waals surface area contributed by atoms with E-state index in [0.717, 1.165) is 91.4 Å². The van der Waals surface area contributed by atoms with Crippen molar-refractivity contribution in [1.29, 1.82) is 0 Å². The van der Waals surface area contributed by atoms with Crippen molar-refractivity contribution < 1.29 is 9.47 Å². The van der Waals surface area contributed by atoms with E-state index >= 15 is 0 Å². The van der Waals surface area contributed by atoms with Crippen LogP contribution >= 0.6 is 0 Å². The molecule has 0 aliphatic rings. The van der Waals surface area contributed by atoms with Gasteiger partial charge in [0.1, 0.15) is 0 Å². The summed E-state index contributed by atoms with van der Waals surface area (Å²) in [5.41, 5.74) is 0. The highest BCUT2D eigenvalue weighted by Gasteiger charge is 2.17. The molecule has 2 atom stereocenters. The molecular formula is C30H64N3O2. The molecular weight excluding hydrogens is 434 g/mol. The Morgan fingerprint density at radius 1 is 0.486 bits per heavy atom. The summed E-state index contributed by atoms with van der Waals surface area (Å²) in [5, 5.41) is 4.70. The largest absolute Gasteiger partial charge is 0.380 e. The van der Waals surface area contributed by atoms with Gasteiger partial charge in [0.15, 0.2) is 0 Å². The van der Waals surface area contributed by atoms with E-state index in [0.29, 0.717) is 35.8 Å². The van der Waals surface area contributed by atoms with Crippen LogP contribution in [0.4, 0.5) is 0 Å². The van der Waals surface area contributed by atoms with Crippen molar-refractivity contribution in [2.45, 2.75) is 107 Å². The second kappa shape index (κ2) is 21.8. The van der Waals surface area contributed by atoms with Crippen LogP contribution in [0.15, 0.2) is 0 Å². The summed E-state index contributed by atoms with van der Waals surface area (Å²) in [6.45, 7) is 32.9. The van der Waals surface area contributed by atoms with Crippen LogP contribution in [0.25, 0.3) is 0 Å². The molecule has 0 N–H and O–H groups in total. The summed E-state index contributed by atoms with van der Waals surface area (Å²) in [7, 11) is 0. The van der Waals surface area contributed by atoms with Gasteiger partial charge in [-0.05, 0) is 63.2 Å². The van der Waals surface area contributed by atoms with E-state index in [-0.39, 0.29) is 0 Å². The van der Waals surface area contributed by atoms with Crippen LogP contribution in [0, 0.1) is 23.7 Å². The predicted octanol–water partition coefficient (Wildman–Crippen LogP) is 6.19. The fourth-order valence-electron chi connectivity index (χ4n) is 4.43. The Morgan fingerprint density at radius 3 is 1.09 bits per heavy atom. The third-order valence-corrected chi connectivity index (χ3v) is 6.07. The number of ether oxygens (including phenoxy) is 2. The number of hydrogen-bond acceptors (Lipinski definition) is 4. The summed E-state index contributed by atoms with van der Waals surface area (Å²) in [4.78, 5) is 5.17. The Bertz CT molecular complexity index is 397. The third-order valence-electron chi connectivity index (χ3n) is 6.07. The molecule has 0 saturated heterocycles. The molecule has 0 aliphatic heterocycles. The molecule has 0 spiro atoms. The van der Waals surface area contributed by atoms with E-state index in [1.807, 2.05) is 0 Å². The lowest BCUT2D eigenvalue weighted by molar-refractivity contribution is 0.0535. The van der Waals surface area contributed by atoms with E-state index in [1.165, 1.54) is 0 Å². The number of nitrogens with zero attached hydrogens (tertiary/aromatic N) is 3. The number of unbranched alkanes of at least 4 members (excludes halogenated alkanes) is 2. The molecule has 0 aromatic rings. The molecule has 5 nitrogen and oxygen atoms in total. The first-order valence-corrected chi connectivity index (χ1v) is 14.8. The Kier molecular flexibility index (Phi) is 21.7. The van der Waals surface area contributed by atoms with Gasteiger partial charge < -0.3 is 9.47 Å². The van der Waals surface area contributed by atoms with Gasteiger partial charge in [0, 0.05) is 64.6 Å². The highest BCUT2D eigenvalue weighted by atomic mass is 16.5. The molecule has 2 unspecified atom stereocenters. The van der Waals surface area contributed by atoms with E-state index in [9.17, 15) is 0 Å². The van der Waals surface area contributed by atoms with E-state index in [4.69, 9.17) is 14.8 Å². The summed E-state index contributed by atoms with van der Waals surface area (Å²) in [6.07, 6.45) is 4.47. The zero-order chi connectivity index (χ0) is 26.6. The van der Waals surface area contributed by atoms with Crippen LogP contribution < -0.4 is 5.32 Å². The molecule has 0 saturated carbocycles. The Balaban J connectivity index is 3.70. The summed E-state index contributed by atoms with van der Waals surface area (Å²) >= 11 is 0. The SMILES string of the molecule is CC(C)CN(CC(C)C)C(C)COCCCC[N]CCCCOCC(C)N(CC(C)C)CC(C)C.